The molecule has 0 radical (unpaired) electrons. The Morgan fingerprint density at radius 1 is 1.27 bits per heavy atom. The Morgan fingerprint density at radius 3 is 2.27 bits per heavy atom. The molecule has 6 N–H and O–H groups in total. The summed E-state index contributed by atoms with van der Waals surface area (Å²) in [5.41, 5.74) is 16.8. The molecule has 0 bridgehead atoms. The second kappa shape index (κ2) is 3.27. The first kappa shape index (κ1) is 8.61. The van der Waals surface area contributed by atoms with Gasteiger partial charge in [0.05, 0.1) is 24.7 Å². The molecule has 1 rings (SSSR count). The first-order valence-electron chi connectivity index (χ1n) is 3.51. The minimum absolute atomic E-state index is 0.169. The molecule has 1 aliphatic rings. The number of rotatable bonds is 2. The lowest BCUT2D eigenvalue weighted by molar-refractivity contribution is 0.0484. The van der Waals surface area contributed by atoms with E-state index in [9.17, 15) is 0 Å². The molecule has 1 saturated heterocycles. The van der Waals surface area contributed by atoms with Crippen molar-refractivity contribution in [1.29, 1.82) is 0 Å². The Kier molecular flexibility index (Phi) is 2.56. The topological polar surface area (TPSA) is 99.6 Å². The van der Waals surface area contributed by atoms with Crippen molar-refractivity contribution in [3.8, 4) is 0 Å². The Hall–Kier alpha value is -0.490. The van der Waals surface area contributed by atoms with Crippen molar-refractivity contribution in [2.45, 2.75) is 24.4 Å². The van der Waals surface area contributed by atoms with Crippen LogP contribution in [0.3, 0.4) is 0 Å². The average molecular weight is 158 g/mol. The summed E-state index contributed by atoms with van der Waals surface area (Å²) in [6, 6.07) is -0.516. The van der Waals surface area contributed by atoms with Crippen molar-refractivity contribution in [1.82, 2.24) is 0 Å². The molecule has 0 unspecified atom stereocenters. The van der Waals surface area contributed by atoms with Gasteiger partial charge in [-0.1, -0.05) is 0 Å². The molecule has 1 aliphatic heterocycles. The lowest BCUT2D eigenvalue weighted by Gasteiger charge is -2.12. The summed E-state index contributed by atoms with van der Waals surface area (Å²) in [5, 5.41) is 0. The van der Waals surface area contributed by atoms with E-state index in [1.54, 1.807) is 0 Å². The predicted molar refractivity (Wildman–Crippen MR) is 43.2 cm³/mol. The van der Waals surface area contributed by atoms with Crippen molar-refractivity contribution in [2.24, 2.45) is 22.2 Å². The number of hydrogen-bond donors (Lipinski definition) is 3. The molecule has 1 heterocycles. The molecule has 11 heavy (non-hydrogen) atoms. The van der Waals surface area contributed by atoms with Crippen molar-refractivity contribution in [3.05, 3.63) is 0 Å². The highest BCUT2D eigenvalue weighted by molar-refractivity contribution is 5.23. The van der Waals surface area contributed by atoms with Crippen LogP contribution >= 0.6 is 0 Å². The van der Waals surface area contributed by atoms with Gasteiger partial charge >= 0.3 is 0 Å². The molecule has 0 amide bonds. The predicted octanol–water partition coefficient (Wildman–Crippen LogP) is -1.97. The smallest absolute Gasteiger partial charge is 0.123 e. The fourth-order valence-corrected chi connectivity index (χ4v) is 1.14. The van der Waals surface area contributed by atoms with Gasteiger partial charge in [0.2, 0.25) is 0 Å². The average Bonchev–Trinajstić information content (AvgIpc) is 2.19. The fraction of sp³-hybridized carbons (Fsp3) is 0.833. The van der Waals surface area contributed by atoms with E-state index in [4.69, 9.17) is 21.9 Å². The van der Waals surface area contributed by atoms with Gasteiger partial charge in [-0.15, -0.1) is 0 Å². The summed E-state index contributed by atoms with van der Waals surface area (Å²) in [5.74, 6) is 0. The van der Waals surface area contributed by atoms with Crippen LogP contribution < -0.4 is 17.2 Å². The maximum absolute atomic E-state index is 5.68. The number of ether oxygens (including phenoxy) is 1. The Bertz CT molecular complexity index is 152. The molecule has 4 atom stereocenters. The molecule has 0 aliphatic carbocycles. The first-order valence-corrected chi connectivity index (χ1v) is 3.51. The van der Waals surface area contributed by atoms with Crippen LogP contribution in [0.2, 0.25) is 0 Å². The highest BCUT2D eigenvalue weighted by Crippen LogP contribution is 2.14. The van der Waals surface area contributed by atoms with Crippen molar-refractivity contribution in [3.63, 3.8) is 0 Å². The Balaban J connectivity index is 2.51. The summed E-state index contributed by atoms with van der Waals surface area (Å²) in [6.45, 7) is 3.80. The summed E-state index contributed by atoms with van der Waals surface area (Å²) < 4.78 is 5.22. The van der Waals surface area contributed by atoms with Crippen LogP contribution in [-0.2, 0) is 4.74 Å². The van der Waals surface area contributed by atoms with Crippen LogP contribution in [0.4, 0.5) is 0 Å². The zero-order chi connectivity index (χ0) is 8.43. The first-order chi connectivity index (χ1) is 5.16. The molecule has 0 saturated carbocycles. The third-order valence-corrected chi connectivity index (χ3v) is 1.89. The summed E-state index contributed by atoms with van der Waals surface area (Å²) >= 11 is 0. The minimum Gasteiger partial charge on any atom is -0.355 e. The van der Waals surface area contributed by atoms with Crippen molar-refractivity contribution in [2.75, 3.05) is 6.54 Å². The SMILES string of the molecule is C=NC[C@H]1O[C@@H](N)[C@@H](N)[C@H]1N. The number of aliphatic imine (C=N–C) groups is 1. The van der Waals surface area contributed by atoms with Gasteiger partial charge in [-0.2, -0.15) is 0 Å². The monoisotopic (exact) mass is 158 g/mol. The standard InChI is InChI=1S/C6H14N4O/c1-10-2-3-4(7)5(8)6(9)11-3/h3-6H,1-2,7-9H2/t3-,4+,5+,6-/m1/s1. The van der Waals surface area contributed by atoms with Gasteiger partial charge in [0.1, 0.15) is 6.23 Å². The number of hydrogen-bond acceptors (Lipinski definition) is 5. The van der Waals surface area contributed by atoms with Gasteiger partial charge in [-0.3, -0.25) is 4.99 Å². The lowest BCUT2D eigenvalue weighted by atomic mass is 10.1. The second-order valence-corrected chi connectivity index (χ2v) is 2.70. The van der Waals surface area contributed by atoms with Gasteiger partial charge in [0.25, 0.3) is 0 Å². The van der Waals surface area contributed by atoms with Crippen molar-refractivity contribution < 1.29 is 4.74 Å². The van der Waals surface area contributed by atoms with Crippen molar-refractivity contribution >= 4 is 6.72 Å². The van der Waals surface area contributed by atoms with Crippen LogP contribution in [0.15, 0.2) is 4.99 Å². The molecule has 0 spiro atoms. The van der Waals surface area contributed by atoms with Gasteiger partial charge in [-0.25, -0.2) is 0 Å². The second-order valence-electron chi connectivity index (χ2n) is 2.70. The maximum atomic E-state index is 5.68. The summed E-state index contributed by atoms with van der Waals surface area (Å²) in [7, 11) is 0. The van der Waals surface area contributed by atoms with Crippen LogP contribution in [0.5, 0.6) is 0 Å². The molecule has 64 valence electrons. The quantitative estimate of drug-likeness (QED) is 0.406. The van der Waals surface area contributed by atoms with Gasteiger partial charge in [0.15, 0.2) is 0 Å². The molecule has 0 aromatic rings. The summed E-state index contributed by atoms with van der Waals surface area (Å²) in [6.07, 6.45) is -0.630. The number of nitrogens with two attached hydrogens (primary N) is 3. The molecule has 0 aromatic heterocycles. The van der Waals surface area contributed by atoms with E-state index in [1.165, 1.54) is 0 Å². The molecular formula is C6H14N4O. The minimum atomic E-state index is -0.461. The van der Waals surface area contributed by atoms with Gasteiger partial charge in [0, 0.05) is 0 Å². The number of nitrogens with zero attached hydrogens (tertiary/aromatic N) is 1. The van der Waals surface area contributed by atoms with E-state index in [1.807, 2.05) is 0 Å². The van der Waals surface area contributed by atoms with E-state index >= 15 is 0 Å². The third-order valence-electron chi connectivity index (χ3n) is 1.89. The Morgan fingerprint density at radius 2 is 1.91 bits per heavy atom. The van der Waals surface area contributed by atoms with Crippen LogP contribution in [-0.4, -0.2) is 37.7 Å². The van der Waals surface area contributed by atoms with E-state index < -0.39 is 6.23 Å². The van der Waals surface area contributed by atoms with Crippen LogP contribution in [0, 0.1) is 0 Å². The molecule has 0 aromatic carbocycles. The largest absolute Gasteiger partial charge is 0.355 e. The highest BCUT2D eigenvalue weighted by Gasteiger charge is 2.37. The van der Waals surface area contributed by atoms with Gasteiger partial charge < -0.3 is 21.9 Å². The highest BCUT2D eigenvalue weighted by atomic mass is 16.5. The molecule has 5 nitrogen and oxygen atoms in total. The Labute approximate surface area is 65.6 Å². The van der Waals surface area contributed by atoms with Gasteiger partial charge in [-0.05, 0) is 6.72 Å². The van der Waals surface area contributed by atoms with Crippen LogP contribution in [0.25, 0.3) is 0 Å². The van der Waals surface area contributed by atoms with E-state index in [-0.39, 0.29) is 18.2 Å². The summed E-state index contributed by atoms with van der Waals surface area (Å²) in [4.78, 5) is 3.67. The van der Waals surface area contributed by atoms with E-state index in [0.717, 1.165) is 0 Å². The third kappa shape index (κ3) is 1.57. The van der Waals surface area contributed by atoms with E-state index in [0.29, 0.717) is 6.54 Å². The molecule has 5 heteroatoms. The zero-order valence-electron chi connectivity index (χ0n) is 6.31. The lowest BCUT2D eigenvalue weighted by Crippen LogP contribution is -2.49. The normalized spacial score (nSPS) is 44.3. The zero-order valence-corrected chi connectivity index (χ0v) is 6.31. The molecule has 1 fully saturated rings. The fourth-order valence-electron chi connectivity index (χ4n) is 1.14. The van der Waals surface area contributed by atoms with Crippen LogP contribution in [0.1, 0.15) is 0 Å². The maximum Gasteiger partial charge on any atom is 0.123 e. The van der Waals surface area contributed by atoms with E-state index in [2.05, 4.69) is 11.7 Å². The molecular weight excluding hydrogens is 144 g/mol.